The smallest absolute Gasteiger partial charge is 0.255 e. The molecule has 2 aliphatic rings. The minimum Gasteiger partial charge on any atom is -0.396 e. The fraction of sp³-hybridized carbons (Fsp3) is 1.00. The lowest BCUT2D eigenvalue weighted by Crippen LogP contribution is -2.19. The van der Waals surface area contributed by atoms with Gasteiger partial charge in [-0.3, -0.25) is 0 Å². The molecule has 0 aliphatic heterocycles. The van der Waals surface area contributed by atoms with Crippen molar-refractivity contribution in [2.45, 2.75) is 12.3 Å². The molecule has 0 amide bonds. The van der Waals surface area contributed by atoms with E-state index in [9.17, 15) is 8.78 Å². The number of alkyl halides is 2. The van der Waals surface area contributed by atoms with Crippen LogP contribution in [0.25, 0.3) is 0 Å². The zero-order valence-electron chi connectivity index (χ0n) is 4.85. The first-order chi connectivity index (χ1) is 4.18. The van der Waals surface area contributed by atoms with Crippen LogP contribution >= 0.6 is 0 Å². The largest absolute Gasteiger partial charge is 0.396 e. The van der Waals surface area contributed by atoms with Gasteiger partial charge in [0.2, 0.25) is 0 Å². The Kier molecular flexibility index (Phi) is 0.799. The van der Waals surface area contributed by atoms with E-state index in [2.05, 4.69) is 0 Å². The van der Waals surface area contributed by atoms with Gasteiger partial charge in [-0.1, -0.05) is 0 Å². The summed E-state index contributed by atoms with van der Waals surface area (Å²) in [6.45, 7) is -0.0588. The monoisotopic (exact) mass is 134 g/mol. The lowest BCUT2D eigenvalue weighted by molar-refractivity contribution is 0.0878. The maximum atomic E-state index is 12.3. The molecule has 3 unspecified atom stereocenters. The van der Waals surface area contributed by atoms with Crippen LogP contribution in [0.4, 0.5) is 8.78 Å². The summed E-state index contributed by atoms with van der Waals surface area (Å²) in [7, 11) is 0. The fourth-order valence-corrected chi connectivity index (χ4v) is 1.83. The molecule has 1 nitrogen and oxygen atoms in total. The summed E-state index contributed by atoms with van der Waals surface area (Å²) >= 11 is 0. The van der Waals surface area contributed by atoms with E-state index in [1.165, 1.54) is 0 Å². The predicted molar refractivity (Wildman–Crippen MR) is 27.1 cm³/mol. The van der Waals surface area contributed by atoms with Crippen molar-refractivity contribution in [3.05, 3.63) is 0 Å². The fourth-order valence-electron chi connectivity index (χ4n) is 1.83. The van der Waals surface area contributed by atoms with Crippen LogP contribution in [-0.4, -0.2) is 17.6 Å². The van der Waals surface area contributed by atoms with Gasteiger partial charge in [-0.05, 0) is 12.3 Å². The Balaban J connectivity index is 2.01. The summed E-state index contributed by atoms with van der Waals surface area (Å²) in [4.78, 5) is 0. The quantitative estimate of drug-likeness (QED) is 0.564. The molecule has 52 valence electrons. The van der Waals surface area contributed by atoms with E-state index >= 15 is 0 Å². The topological polar surface area (TPSA) is 20.2 Å². The van der Waals surface area contributed by atoms with Crippen molar-refractivity contribution < 1.29 is 13.9 Å². The van der Waals surface area contributed by atoms with E-state index in [1.54, 1.807) is 0 Å². The van der Waals surface area contributed by atoms with Crippen molar-refractivity contribution in [3.63, 3.8) is 0 Å². The first-order valence-corrected chi connectivity index (χ1v) is 3.16. The standard InChI is InChI=1S/C6H8F2O/c7-6(8)4-1-3(2-9)5(4)6/h3-5,9H,1-2H2. The molecule has 0 spiro atoms. The van der Waals surface area contributed by atoms with E-state index in [0.29, 0.717) is 6.42 Å². The van der Waals surface area contributed by atoms with Crippen molar-refractivity contribution in [3.8, 4) is 0 Å². The van der Waals surface area contributed by atoms with Crippen LogP contribution in [0, 0.1) is 17.8 Å². The Labute approximate surface area is 51.7 Å². The second-order valence-corrected chi connectivity index (χ2v) is 2.99. The number of halogens is 2. The van der Waals surface area contributed by atoms with Crippen molar-refractivity contribution in [1.29, 1.82) is 0 Å². The minimum absolute atomic E-state index is 0.0588. The summed E-state index contributed by atoms with van der Waals surface area (Å²) in [6.07, 6.45) is 0.536. The van der Waals surface area contributed by atoms with E-state index in [0.717, 1.165) is 0 Å². The van der Waals surface area contributed by atoms with Crippen LogP contribution in [0.3, 0.4) is 0 Å². The van der Waals surface area contributed by atoms with E-state index in [1.807, 2.05) is 0 Å². The molecule has 9 heavy (non-hydrogen) atoms. The Hall–Kier alpha value is -0.180. The number of aliphatic hydroxyl groups excluding tert-OH is 1. The van der Waals surface area contributed by atoms with Gasteiger partial charge in [0.15, 0.2) is 0 Å². The molecule has 2 aliphatic carbocycles. The molecule has 0 radical (unpaired) electrons. The molecule has 0 aromatic heterocycles. The van der Waals surface area contributed by atoms with Crippen LogP contribution < -0.4 is 0 Å². The van der Waals surface area contributed by atoms with Crippen LogP contribution in [0.1, 0.15) is 6.42 Å². The van der Waals surface area contributed by atoms with Gasteiger partial charge in [0.1, 0.15) is 0 Å². The third-order valence-electron chi connectivity index (χ3n) is 2.56. The lowest BCUT2D eigenvalue weighted by atomic mass is 9.86. The van der Waals surface area contributed by atoms with Gasteiger partial charge < -0.3 is 5.11 Å². The van der Waals surface area contributed by atoms with Crippen molar-refractivity contribution in [2.75, 3.05) is 6.61 Å². The average Bonchev–Trinajstić information content (AvgIpc) is 1.99. The second-order valence-electron chi connectivity index (χ2n) is 2.99. The molecule has 2 saturated carbocycles. The number of aliphatic hydroxyl groups is 1. The molecular formula is C6H8F2O. The molecular weight excluding hydrogens is 126 g/mol. The summed E-state index contributed by atoms with van der Waals surface area (Å²) in [5.41, 5.74) is 0. The number of rotatable bonds is 1. The zero-order valence-corrected chi connectivity index (χ0v) is 4.85. The van der Waals surface area contributed by atoms with Crippen molar-refractivity contribution >= 4 is 0 Å². The van der Waals surface area contributed by atoms with Gasteiger partial charge >= 0.3 is 0 Å². The molecule has 2 fully saturated rings. The molecule has 0 bridgehead atoms. The van der Waals surface area contributed by atoms with Crippen LogP contribution in [-0.2, 0) is 0 Å². The summed E-state index contributed by atoms with van der Waals surface area (Å²) in [6, 6.07) is 0. The maximum absolute atomic E-state index is 12.3. The highest BCUT2D eigenvalue weighted by Gasteiger charge is 2.77. The Morgan fingerprint density at radius 2 is 2.22 bits per heavy atom. The molecule has 0 saturated heterocycles. The number of hydrogen-bond donors (Lipinski definition) is 1. The van der Waals surface area contributed by atoms with E-state index in [-0.39, 0.29) is 18.4 Å². The Morgan fingerprint density at radius 1 is 1.56 bits per heavy atom. The predicted octanol–water partition coefficient (Wildman–Crippen LogP) is 0.880. The van der Waals surface area contributed by atoms with Crippen molar-refractivity contribution in [2.24, 2.45) is 17.8 Å². The van der Waals surface area contributed by atoms with Gasteiger partial charge in [-0.15, -0.1) is 0 Å². The number of fused-ring (bicyclic) bond motifs is 1. The minimum atomic E-state index is -2.41. The second kappa shape index (κ2) is 1.29. The van der Waals surface area contributed by atoms with Crippen molar-refractivity contribution in [1.82, 2.24) is 0 Å². The highest BCUT2D eigenvalue weighted by Crippen LogP contribution is 2.70. The maximum Gasteiger partial charge on any atom is 0.255 e. The molecule has 0 aromatic carbocycles. The SMILES string of the molecule is OCC1CC2C1C2(F)F. The van der Waals surface area contributed by atoms with Crippen LogP contribution in [0.2, 0.25) is 0 Å². The molecule has 1 N–H and O–H groups in total. The molecule has 2 rings (SSSR count). The molecule has 3 heteroatoms. The first-order valence-electron chi connectivity index (χ1n) is 3.16. The normalized spacial score (nSPS) is 51.7. The molecule has 0 aromatic rings. The highest BCUT2D eigenvalue weighted by atomic mass is 19.3. The number of hydrogen-bond acceptors (Lipinski definition) is 1. The molecule has 0 heterocycles. The third-order valence-corrected chi connectivity index (χ3v) is 2.56. The Bertz CT molecular complexity index is 146. The highest BCUT2D eigenvalue weighted by molar-refractivity contribution is 5.16. The van der Waals surface area contributed by atoms with Crippen LogP contribution in [0.5, 0.6) is 0 Å². The Morgan fingerprint density at radius 3 is 2.33 bits per heavy atom. The lowest BCUT2D eigenvalue weighted by Gasteiger charge is -2.18. The van der Waals surface area contributed by atoms with Gasteiger partial charge in [0.05, 0.1) is 0 Å². The molecule has 3 atom stereocenters. The first kappa shape index (κ1) is 5.59. The van der Waals surface area contributed by atoms with Gasteiger partial charge in [-0.2, -0.15) is 0 Å². The summed E-state index contributed by atoms with van der Waals surface area (Å²) < 4.78 is 24.6. The van der Waals surface area contributed by atoms with E-state index in [4.69, 9.17) is 5.11 Å². The van der Waals surface area contributed by atoms with Gasteiger partial charge in [-0.25, -0.2) is 8.78 Å². The zero-order chi connectivity index (χ0) is 6.65. The van der Waals surface area contributed by atoms with Crippen LogP contribution in [0.15, 0.2) is 0 Å². The van der Waals surface area contributed by atoms with E-state index < -0.39 is 11.8 Å². The van der Waals surface area contributed by atoms with Gasteiger partial charge in [0, 0.05) is 18.4 Å². The van der Waals surface area contributed by atoms with Gasteiger partial charge in [0.25, 0.3) is 5.92 Å². The summed E-state index contributed by atoms with van der Waals surface area (Å²) in [5, 5.41) is 8.48. The average molecular weight is 134 g/mol. The third kappa shape index (κ3) is 0.467. The summed E-state index contributed by atoms with van der Waals surface area (Å²) in [5.74, 6) is -3.32.